The molecule has 4 nitrogen and oxygen atoms in total. The number of hydrogen-bond donors (Lipinski definition) is 1. The van der Waals surface area contributed by atoms with Crippen molar-refractivity contribution in [3.63, 3.8) is 0 Å². The quantitative estimate of drug-likeness (QED) is 0.323. The maximum atomic E-state index is 13.1. The Morgan fingerprint density at radius 3 is 1.65 bits per heavy atom. The molecule has 34 heavy (non-hydrogen) atoms. The molecule has 4 aromatic carbocycles. The summed E-state index contributed by atoms with van der Waals surface area (Å²) in [6, 6.07) is 37.5. The molecule has 174 valence electrons. The standard InChI is InChI=1S/C29H30N2O2S/c1-24-17-19-28(20-18-24)34(32,33)30-21-29(27-15-9-4-10-16-27)31(22-25-11-5-2-6-12-25)23-26-13-7-3-8-14-26/h2-20,29-30H,21-23H2,1H3. The van der Waals surface area contributed by atoms with E-state index in [1.807, 2.05) is 73.7 Å². The number of benzene rings is 4. The van der Waals surface area contributed by atoms with E-state index in [0.717, 1.165) is 11.1 Å². The van der Waals surface area contributed by atoms with Crippen molar-refractivity contribution in [3.05, 3.63) is 138 Å². The van der Waals surface area contributed by atoms with Crippen LogP contribution in [0.1, 0.15) is 28.3 Å². The van der Waals surface area contributed by atoms with Gasteiger partial charge in [0.25, 0.3) is 0 Å². The fourth-order valence-electron chi connectivity index (χ4n) is 4.03. The van der Waals surface area contributed by atoms with Crippen molar-refractivity contribution in [1.29, 1.82) is 0 Å². The lowest BCUT2D eigenvalue weighted by atomic mass is 10.0. The third-order valence-electron chi connectivity index (χ3n) is 5.88. The van der Waals surface area contributed by atoms with Gasteiger partial charge in [-0.25, -0.2) is 13.1 Å². The molecule has 4 aromatic rings. The van der Waals surface area contributed by atoms with Crippen LogP contribution in [-0.2, 0) is 23.1 Å². The second-order valence-corrected chi connectivity index (χ2v) is 10.2. The average molecular weight is 471 g/mol. The first-order chi connectivity index (χ1) is 16.5. The first-order valence-electron chi connectivity index (χ1n) is 11.4. The summed E-state index contributed by atoms with van der Waals surface area (Å²) in [6.45, 7) is 3.60. The molecular formula is C29H30N2O2S. The monoisotopic (exact) mass is 470 g/mol. The summed E-state index contributed by atoms with van der Waals surface area (Å²) in [6.07, 6.45) is 0. The first kappa shape index (κ1) is 23.9. The van der Waals surface area contributed by atoms with Crippen molar-refractivity contribution in [2.24, 2.45) is 0 Å². The Hall–Kier alpha value is -3.25. The summed E-state index contributed by atoms with van der Waals surface area (Å²) < 4.78 is 29.1. The summed E-state index contributed by atoms with van der Waals surface area (Å²) in [5.74, 6) is 0. The Bertz CT molecular complexity index is 1220. The molecule has 1 atom stereocenters. The van der Waals surface area contributed by atoms with Gasteiger partial charge in [0.2, 0.25) is 10.0 Å². The van der Waals surface area contributed by atoms with Crippen molar-refractivity contribution >= 4 is 10.0 Å². The highest BCUT2D eigenvalue weighted by atomic mass is 32.2. The highest BCUT2D eigenvalue weighted by molar-refractivity contribution is 7.89. The second kappa shape index (κ2) is 11.3. The van der Waals surface area contributed by atoms with Crippen LogP contribution in [0.3, 0.4) is 0 Å². The third kappa shape index (κ3) is 6.41. The fraction of sp³-hybridized carbons (Fsp3) is 0.172. The zero-order chi connectivity index (χ0) is 23.8. The van der Waals surface area contributed by atoms with Crippen LogP contribution < -0.4 is 4.72 Å². The third-order valence-corrected chi connectivity index (χ3v) is 7.32. The van der Waals surface area contributed by atoms with E-state index in [0.29, 0.717) is 13.1 Å². The lowest BCUT2D eigenvalue weighted by Gasteiger charge is -2.32. The lowest BCUT2D eigenvalue weighted by molar-refractivity contribution is 0.180. The van der Waals surface area contributed by atoms with Gasteiger partial charge in [-0.3, -0.25) is 4.90 Å². The van der Waals surface area contributed by atoms with E-state index in [1.165, 1.54) is 11.1 Å². The number of hydrogen-bond acceptors (Lipinski definition) is 3. The molecule has 0 saturated carbocycles. The Balaban J connectivity index is 1.65. The molecule has 4 rings (SSSR count). The van der Waals surface area contributed by atoms with Gasteiger partial charge in [-0.15, -0.1) is 0 Å². The second-order valence-electron chi connectivity index (χ2n) is 8.47. The maximum absolute atomic E-state index is 13.1. The van der Waals surface area contributed by atoms with Crippen LogP contribution in [0.5, 0.6) is 0 Å². The van der Waals surface area contributed by atoms with Gasteiger partial charge in [-0.2, -0.15) is 0 Å². The average Bonchev–Trinajstić information content (AvgIpc) is 2.86. The summed E-state index contributed by atoms with van der Waals surface area (Å²) in [7, 11) is -3.64. The van der Waals surface area contributed by atoms with Crippen molar-refractivity contribution in [3.8, 4) is 0 Å². The number of nitrogens with zero attached hydrogens (tertiary/aromatic N) is 1. The van der Waals surface area contributed by atoms with E-state index in [9.17, 15) is 8.42 Å². The van der Waals surface area contributed by atoms with E-state index in [1.54, 1.807) is 12.1 Å². The Labute approximate surface area is 202 Å². The van der Waals surface area contributed by atoms with Crippen molar-refractivity contribution in [2.45, 2.75) is 31.0 Å². The van der Waals surface area contributed by atoms with Crippen LogP contribution in [0.2, 0.25) is 0 Å². The highest BCUT2D eigenvalue weighted by Crippen LogP contribution is 2.25. The van der Waals surface area contributed by atoms with Crippen LogP contribution in [-0.4, -0.2) is 19.9 Å². The SMILES string of the molecule is Cc1ccc(S(=O)(=O)NCC(c2ccccc2)N(Cc2ccccc2)Cc2ccccc2)cc1. The van der Waals surface area contributed by atoms with Gasteiger partial charge in [0.05, 0.1) is 4.90 Å². The van der Waals surface area contributed by atoms with Gasteiger partial charge in [0, 0.05) is 25.7 Å². The van der Waals surface area contributed by atoms with Crippen LogP contribution >= 0.6 is 0 Å². The molecule has 0 radical (unpaired) electrons. The van der Waals surface area contributed by atoms with Gasteiger partial charge in [0.15, 0.2) is 0 Å². The molecule has 1 N–H and O–H groups in total. The zero-order valence-corrected chi connectivity index (χ0v) is 20.2. The molecule has 0 saturated heterocycles. The molecule has 0 amide bonds. The Kier molecular flexibility index (Phi) is 7.91. The van der Waals surface area contributed by atoms with Crippen LogP contribution in [0.4, 0.5) is 0 Å². The molecule has 0 aliphatic rings. The molecular weight excluding hydrogens is 440 g/mol. The van der Waals surface area contributed by atoms with E-state index in [4.69, 9.17) is 0 Å². The van der Waals surface area contributed by atoms with Gasteiger partial charge in [-0.05, 0) is 35.7 Å². The molecule has 0 aromatic heterocycles. The van der Waals surface area contributed by atoms with Crippen LogP contribution in [0, 0.1) is 6.92 Å². The largest absolute Gasteiger partial charge is 0.287 e. The molecule has 0 spiro atoms. The highest BCUT2D eigenvalue weighted by Gasteiger charge is 2.24. The summed E-state index contributed by atoms with van der Waals surface area (Å²) >= 11 is 0. The lowest BCUT2D eigenvalue weighted by Crippen LogP contribution is -2.37. The fourth-order valence-corrected chi connectivity index (χ4v) is 5.07. The summed E-state index contributed by atoms with van der Waals surface area (Å²) in [5.41, 5.74) is 4.46. The minimum atomic E-state index is -3.64. The minimum absolute atomic E-state index is 0.151. The van der Waals surface area contributed by atoms with Gasteiger partial charge >= 0.3 is 0 Å². The van der Waals surface area contributed by atoms with Crippen molar-refractivity contribution < 1.29 is 8.42 Å². The molecule has 0 fully saturated rings. The van der Waals surface area contributed by atoms with Crippen LogP contribution in [0.15, 0.2) is 120 Å². The van der Waals surface area contributed by atoms with Gasteiger partial charge < -0.3 is 0 Å². The minimum Gasteiger partial charge on any atom is -0.287 e. The number of rotatable bonds is 10. The van der Waals surface area contributed by atoms with E-state index >= 15 is 0 Å². The van der Waals surface area contributed by atoms with Crippen LogP contribution in [0.25, 0.3) is 0 Å². The number of sulfonamides is 1. The predicted octanol–water partition coefficient (Wildman–Crippen LogP) is 5.72. The molecule has 1 unspecified atom stereocenters. The normalized spacial score (nSPS) is 12.5. The predicted molar refractivity (Wildman–Crippen MR) is 138 cm³/mol. The maximum Gasteiger partial charge on any atom is 0.240 e. The first-order valence-corrected chi connectivity index (χ1v) is 12.9. The molecule has 5 heteroatoms. The van der Waals surface area contributed by atoms with Crippen molar-refractivity contribution in [1.82, 2.24) is 9.62 Å². The zero-order valence-electron chi connectivity index (χ0n) is 19.3. The molecule has 0 aliphatic heterocycles. The van der Waals surface area contributed by atoms with E-state index in [2.05, 4.69) is 46.0 Å². The van der Waals surface area contributed by atoms with Crippen molar-refractivity contribution in [2.75, 3.05) is 6.54 Å². The van der Waals surface area contributed by atoms with Gasteiger partial charge in [0.1, 0.15) is 0 Å². The Morgan fingerprint density at radius 2 is 1.15 bits per heavy atom. The smallest absolute Gasteiger partial charge is 0.240 e. The topological polar surface area (TPSA) is 49.4 Å². The number of nitrogens with one attached hydrogen (secondary N) is 1. The number of aryl methyl sites for hydroxylation is 1. The summed E-state index contributed by atoms with van der Waals surface area (Å²) in [5, 5.41) is 0. The molecule has 0 aliphatic carbocycles. The molecule has 0 bridgehead atoms. The summed E-state index contributed by atoms with van der Waals surface area (Å²) in [4.78, 5) is 2.61. The van der Waals surface area contributed by atoms with Gasteiger partial charge in [-0.1, -0.05) is 109 Å². The molecule has 0 heterocycles. The Morgan fingerprint density at radius 1 is 0.676 bits per heavy atom. The van der Waals surface area contributed by atoms with E-state index in [-0.39, 0.29) is 17.5 Å². The van der Waals surface area contributed by atoms with E-state index < -0.39 is 10.0 Å².